The fourth-order valence-corrected chi connectivity index (χ4v) is 3.34. The Morgan fingerprint density at radius 3 is 2.13 bits per heavy atom. The lowest BCUT2D eigenvalue weighted by atomic mass is 10.2. The molecule has 1 fully saturated rings. The number of aryl methyl sites for hydroxylation is 1. The number of hydrogen-bond donors (Lipinski definition) is 0. The normalized spacial score (nSPS) is 15.4. The van der Waals surface area contributed by atoms with Crippen molar-refractivity contribution in [3.8, 4) is 11.6 Å². The smallest absolute Gasteiger partial charge is 0.406 e. The monoisotopic (exact) mass is 418 g/mol. The number of alkyl halides is 3. The van der Waals surface area contributed by atoms with Crippen molar-refractivity contribution in [1.82, 2.24) is 24.9 Å². The third kappa shape index (κ3) is 5.07. The van der Waals surface area contributed by atoms with E-state index in [1.165, 1.54) is 12.1 Å². The van der Waals surface area contributed by atoms with E-state index in [0.717, 1.165) is 43.3 Å². The molecule has 0 N–H and O–H groups in total. The van der Waals surface area contributed by atoms with Crippen molar-refractivity contribution in [3.05, 3.63) is 59.9 Å². The van der Waals surface area contributed by atoms with E-state index in [4.69, 9.17) is 0 Å². The summed E-state index contributed by atoms with van der Waals surface area (Å²) in [5, 5.41) is 12.9. The second-order valence-corrected chi connectivity index (χ2v) is 7.11. The summed E-state index contributed by atoms with van der Waals surface area (Å²) in [7, 11) is 0. The first kappa shape index (κ1) is 20.1. The first-order valence-corrected chi connectivity index (χ1v) is 9.54. The van der Waals surface area contributed by atoms with E-state index in [1.807, 2.05) is 31.3 Å². The molecule has 1 aromatic carbocycles. The van der Waals surface area contributed by atoms with Crippen LogP contribution in [0.4, 0.5) is 19.0 Å². The van der Waals surface area contributed by atoms with Crippen LogP contribution >= 0.6 is 0 Å². The standard InChI is InChI=1S/C20H21F3N6O/c1-15-8-9-29(26-15)19-7-6-18(24-25-19)28-12-10-27(11-13-28)14-16-2-4-17(5-3-16)30-20(21,22)23/h2-9H,10-14H2,1H3. The summed E-state index contributed by atoms with van der Waals surface area (Å²) in [5.74, 6) is 1.28. The molecule has 0 unspecified atom stereocenters. The molecule has 158 valence electrons. The Morgan fingerprint density at radius 2 is 1.57 bits per heavy atom. The second kappa shape index (κ2) is 8.31. The van der Waals surface area contributed by atoms with Crippen molar-refractivity contribution in [2.45, 2.75) is 19.8 Å². The number of anilines is 1. The quantitative estimate of drug-likeness (QED) is 0.634. The van der Waals surface area contributed by atoms with E-state index in [2.05, 4.69) is 29.8 Å². The van der Waals surface area contributed by atoms with Crippen molar-refractivity contribution in [3.63, 3.8) is 0 Å². The highest BCUT2D eigenvalue weighted by atomic mass is 19.4. The largest absolute Gasteiger partial charge is 0.573 e. The van der Waals surface area contributed by atoms with Crippen LogP contribution < -0.4 is 9.64 Å². The number of rotatable bonds is 5. The van der Waals surface area contributed by atoms with Crippen molar-refractivity contribution < 1.29 is 17.9 Å². The summed E-state index contributed by atoms with van der Waals surface area (Å²) in [6.07, 6.45) is -2.82. The molecule has 0 spiro atoms. The molecule has 7 nitrogen and oxygen atoms in total. The number of ether oxygens (including phenoxy) is 1. The molecule has 1 aliphatic rings. The van der Waals surface area contributed by atoms with Gasteiger partial charge < -0.3 is 9.64 Å². The third-order valence-corrected chi connectivity index (χ3v) is 4.85. The number of nitrogens with zero attached hydrogens (tertiary/aromatic N) is 6. The maximum atomic E-state index is 12.3. The van der Waals surface area contributed by atoms with Crippen LogP contribution in [0.1, 0.15) is 11.3 Å². The van der Waals surface area contributed by atoms with E-state index in [0.29, 0.717) is 12.4 Å². The zero-order valence-corrected chi connectivity index (χ0v) is 16.4. The summed E-state index contributed by atoms with van der Waals surface area (Å²) in [6.45, 7) is 5.82. The molecule has 30 heavy (non-hydrogen) atoms. The van der Waals surface area contributed by atoms with Gasteiger partial charge in [-0.15, -0.1) is 23.4 Å². The van der Waals surface area contributed by atoms with Gasteiger partial charge in [0.25, 0.3) is 0 Å². The van der Waals surface area contributed by atoms with Crippen LogP contribution in [0.5, 0.6) is 5.75 Å². The average molecular weight is 418 g/mol. The molecule has 0 atom stereocenters. The third-order valence-electron chi connectivity index (χ3n) is 4.85. The maximum absolute atomic E-state index is 12.3. The number of halogens is 3. The molecule has 0 saturated carbocycles. The van der Waals surface area contributed by atoms with Crippen molar-refractivity contribution >= 4 is 5.82 Å². The molecule has 4 rings (SSSR count). The van der Waals surface area contributed by atoms with Gasteiger partial charge in [-0.1, -0.05) is 12.1 Å². The van der Waals surface area contributed by atoms with Crippen LogP contribution in [0.25, 0.3) is 5.82 Å². The van der Waals surface area contributed by atoms with Gasteiger partial charge in [0.15, 0.2) is 11.6 Å². The van der Waals surface area contributed by atoms with Crippen LogP contribution in [0.2, 0.25) is 0 Å². The number of aromatic nitrogens is 4. The van der Waals surface area contributed by atoms with Gasteiger partial charge in [-0.3, -0.25) is 4.90 Å². The van der Waals surface area contributed by atoms with Gasteiger partial charge in [-0.05, 0) is 42.8 Å². The van der Waals surface area contributed by atoms with E-state index in [9.17, 15) is 13.2 Å². The summed E-state index contributed by atoms with van der Waals surface area (Å²) in [6, 6.07) is 11.8. The van der Waals surface area contributed by atoms with Gasteiger partial charge in [0.05, 0.1) is 5.69 Å². The first-order chi connectivity index (χ1) is 14.4. The summed E-state index contributed by atoms with van der Waals surface area (Å²) < 4.78 is 42.4. The maximum Gasteiger partial charge on any atom is 0.573 e. The molecule has 1 saturated heterocycles. The predicted molar refractivity (Wildman–Crippen MR) is 105 cm³/mol. The molecular weight excluding hydrogens is 397 g/mol. The van der Waals surface area contributed by atoms with Gasteiger partial charge in [-0.2, -0.15) is 5.10 Å². The molecule has 2 aromatic heterocycles. The number of benzene rings is 1. The summed E-state index contributed by atoms with van der Waals surface area (Å²) in [5.41, 5.74) is 1.86. The summed E-state index contributed by atoms with van der Waals surface area (Å²) >= 11 is 0. The number of piperazine rings is 1. The molecule has 10 heteroatoms. The molecule has 3 heterocycles. The summed E-state index contributed by atoms with van der Waals surface area (Å²) in [4.78, 5) is 4.42. The molecule has 0 aliphatic carbocycles. The molecule has 3 aromatic rings. The second-order valence-electron chi connectivity index (χ2n) is 7.11. The Bertz CT molecular complexity index is 963. The minimum Gasteiger partial charge on any atom is -0.406 e. The average Bonchev–Trinajstić information content (AvgIpc) is 3.16. The highest BCUT2D eigenvalue weighted by Crippen LogP contribution is 2.23. The van der Waals surface area contributed by atoms with Crippen LogP contribution in [-0.2, 0) is 6.54 Å². The highest BCUT2D eigenvalue weighted by molar-refractivity contribution is 5.40. The molecule has 1 aliphatic heterocycles. The van der Waals surface area contributed by atoms with Gasteiger partial charge in [0.2, 0.25) is 0 Å². The Hall–Kier alpha value is -3.14. The Morgan fingerprint density at radius 1 is 0.900 bits per heavy atom. The van der Waals surface area contributed by atoms with Crippen LogP contribution in [0, 0.1) is 6.92 Å². The molecule has 0 bridgehead atoms. The molecule has 0 amide bonds. The fraction of sp³-hybridized carbons (Fsp3) is 0.350. The lowest BCUT2D eigenvalue weighted by Crippen LogP contribution is -2.46. The number of hydrogen-bond acceptors (Lipinski definition) is 6. The zero-order valence-electron chi connectivity index (χ0n) is 16.4. The highest BCUT2D eigenvalue weighted by Gasteiger charge is 2.31. The van der Waals surface area contributed by atoms with E-state index in [1.54, 1.807) is 16.8 Å². The fourth-order valence-electron chi connectivity index (χ4n) is 3.34. The first-order valence-electron chi connectivity index (χ1n) is 9.54. The van der Waals surface area contributed by atoms with Crippen molar-refractivity contribution in [2.75, 3.05) is 31.1 Å². The van der Waals surface area contributed by atoms with E-state index < -0.39 is 6.36 Å². The van der Waals surface area contributed by atoms with Gasteiger partial charge in [0, 0.05) is 38.9 Å². The Labute approximate surface area is 171 Å². The van der Waals surface area contributed by atoms with Crippen LogP contribution in [-0.4, -0.2) is 57.4 Å². The van der Waals surface area contributed by atoms with Crippen molar-refractivity contribution in [1.29, 1.82) is 0 Å². The minimum absolute atomic E-state index is 0.205. The SMILES string of the molecule is Cc1ccn(-c2ccc(N3CCN(Cc4ccc(OC(F)(F)F)cc4)CC3)nn2)n1. The minimum atomic E-state index is -4.67. The Balaban J connectivity index is 1.29. The van der Waals surface area contributed by atoms with Crippen LogP contribution in [0.15, 0.2) is 48.7 Å². The van der Waals surface area contributed by atoms with Gasteiger partial charge >= 0.3 is 6.36 Å². The van der Waals surface area contributed by atoms with Crippen LogP contribution in [0.3, 0.4) is 0 Å². The van der Waals surface area contributed by atoms with Gasteiger partial charge in [0.1, 0.15) is 5.75 Å². The molecule has 0 radical (unpaired) electrons. The molecular formula is C20H21F3N6O. The lowest BCUT2D eigenvalue weighted by Gasteiger charge is -2.35. The lowest BCUT2D eigenvalue weighted by molar-refractivity contribution is -0.274. The topological polar surface area (TPSA) is 59.3 Å². The zero-order chi connectivity index (χ0) is 21.1. The van der Waals surface area contributed by atoms with Crippen molar-refractivity contribution in [2.24, 2.45) is 0 Å². The van der Waals surface area contributed by atoms with Gasteiger partial charge in [-0.25, -0.2) is 4.68 Å². The van der Waals surface area contributed by atoms with E-state index in [-0.39, 0.29) is 5.75 Å². The van der Waals surface area contributed by atoms with E-state index >= 15 is 0 Å². The Kier molecular flexibility index (Phi) is 5.58. The predicted octanol–water partition coefficient (Wildman–Crippen LogP) is 3.19.